The van der Waals surface area contributed by atoms with Crippen molar-refractivity contribution >= 4 is 14.5 Å². The third-order valence-corrected chi connectivity index (χ3v) is 4.05. The maximum Gasteiger partial charge on any atom is 0.293 e. The Morgan fingerprint density at radius 1 is 1.44 bits per heavy atom. The maximum atomic E-state index is 9.86. The van der Waals surface area contributed by atoms with Gasteiger partial charge in [0.2, 0.25) is 0 Å². The third kappa shape index (κ3) is 3.29. The van der Waals surface area contributed by atoms with Gasteiger partial charge in [0.25, 0.3) is 6.47 Å². The fourth-order valence-electron chi connectivity index (χ4n) is 0.287. The molecule has 0 rings (SSSR count). The van der Waals surface area contributed by atoms with Gasteiger partial charge in [-0.05, 0) is 6.92 Å². The van der Waals surface area contributed by atoms with Crippen LogP contribution >= 0.6 is 0 Å². The Morgan fingerprint density at radius 3 is 2.00 bits per heavy atom. The molecule has 0 spiro atoms. The lowest BCUT2D eigenvalue weighted by molar-refractivity contribution is -0.130. The number of hydrogen-bond acceptors (Lipinski definition) is 2. The summed E-state index contributed by atoms with van der Waals surface area (Å²) in [6.07, 6.45) is 0. The largest absolute Gasteiger partial charge is 0.469 e. The van der Waals surface area contributed by atoms with Crippen molar-refractivity contribution in [3.63, 3.8) is 0 Å². The Balaban J connectivity index is 3.72. The summed E-state index contributed by atoms with van der Waals surface area (Å²) < 4.78 is 4.79. The first-order valence-corrected chi connectivity index (χ1v) is 6.65. The van der Waals surface area contributed by atoms with Crippen LogP contribution in [0.1, 0.15) is 6.92 Å². The van der Waals surface area contributed by atoms with Crippen molar-refractivity contribution in [2.24, 2.45) is 0 Å². The first kappa shape index (κ1) is 8.69. The highest BCUT2D eigenvalue weighted by atomic mass is 28.3. The molecule has 0 radical (unpaired) electrons. The summed E-state index contributed by atoms with van der Waals surface area (Å²) in [5, 5.41) is 0. The van der Waals surface area contributed by atoms with E-state index in [9.17, 15) is 4.79 Å². The lowest BCUT2D eigenvalue weighted by Crippen LogP contribution is -2.37. The van der Waals surface area contributed by atoms with E-state index in [1.165, 1.54) is 0 Å². The molecule has 0 aromatic carbocycles. The third-order valence-electron chi connectivity index (χ3n) is 1.48. The van der Waals surface area contributed by atoms with E-state index in [1.54, 1.807) is 0 Å². The van der Waals surface area contributed by atoms with Crippen molar-refractivity contribution in [3.05, 3.63) is 0 Å². The van der Waals surface area contributed by atoms with E-state index in [0.29, 0.717) is 6.47 Å². The van der Waals surface area contributed by atoms with Gasteiger partial charge in [0, 0.05) is 0 Å². The van der Waals surface area contributed by atoms with Gasteiger partial charge in [-0.3, -0.25) is 4.79 Å². The molecule has 0 amide bonds. The zero-order valence-electron chi connectivity index (χ0n) is 6.47. The van der Waals surface area contributed by atoms with Crippen molar-refractivity contribution < 1.29 is 9.53 Å². The second-order valence-electron chi connectivity index (χ2n) is 3.24. The van der Waals surface area contributed by atoms with Gasteiger partial charge in [-0.15, -0.1) is 0 Å². The minimum absolute atomic E-state index is 0.134. The molecule has 54 valence electrons. The van der Waals surface area contributed by atoms with E-state index >= 15 is 0 Å². The average Bonchev–Trinajstić information content (AvgIpc) is 1.64. The molecule has 0 aliphatic rings. The lowest BCUT2D eigenvalue weighted by Gasteiger charge is -2.22. The summed E-state index contributed by atoms with van der Waals surface area (Å²) >= 11 is 0. The van der Waals surface area contributed by atoms with Gasteiger partial charge < -0.3 is 4.74 Å². The maximum absolute atomic E-state index is 9.86. The van der Waals surface area contributed by atoms with E-state index in [2.05, 4.69) is 19.6 Å². The molecule has 0 N–H and O–H groups in total. The molecule has 0 bridgehead atoms. The number of carbonyl (C=O) groups excluding carboxylic acids is 1. The van der Waals surface area contributed by atoms with Gasteiger partial charge in [-0.2, -0.15) is 0 Å². The fourth-order valence-corrected chi connectivity index (χ4v) is 0.751. The summed E-state index contributed by atoms with van der Waals surface area (Å²) in [5.41, 5.74) is 0.134. The molecule has 0 saturated carbocycles. The van der Waals surface area contributed by atoms with Crippen LogP contribution in [-0.2, 0) is 9.53 Å². The number of rotatable bonds is 3. The van der Waals surface area contributed by atoms with Crippen molar-refractivity contribution in [2.75, 3.05) is 0 Å². The van der Waals surface area contributed by atoms with E-state index in [1.807, 2.05) is 6.92 Å². The van der Waals surface area contributed by atoms with Crippen LogP contribution in [0.5, 0.6) is 0 Å². The van der Waals surface area contributed by atoms with Crippen molar-refractivity contribution in [2.45, 2.75) is 32.3 Å². The number of hydrogen-bond donors (Lipinski definition) is 0. The van der Waals surface area contributed by atoms with E-state index < -0.39 is 8.07 Å². The molecule has 0 aliphatic heterocycles. The molecule has 1 atom stereocenters. The average molecular weight is 146 g/mol. The van der Waals surface area contributed by atoms with Crippen molar-refractivity contribution in [1.82, 2.24) is 0 Å². The molecule has 2 nitrogen and oxygen atoms in total. The SMILES string of the molecule is CC(OC=O)[Si](C)(C)C. The van der Waals surface area contributed by atoms with Crippen LogP contribution < -0.4 is 0 Å². The second-order valence-corrected chi connectivity index (χ2v) is 8.79. The van der Waals surface area contributed by atoms with E-state index in [0.717, 1.165) is 0 Å². The smallest absolute Gasteiger partial charge is 0.293 e. The molecule has 0 fully saturated rings. The topological polar surface area (TPSA) is 26.3 Å². The van der Waals surface area contributed by atoms with Crippen LogP contribution in [0.25, 0.3) is 0 Å². The molecule has 0 aromatic heterocycles. The van der Waals surface area contributed by atoms with Gasteiger partial charge >= 0.3 is 0 Å². The molecular formula is C6H14O2Si. The zero-order chi connectivity index (χ0) is 7.49. The minimum atomic E-state index is -1.24. The summed E-state index contributed by atoms with van der Waals surface area (Å²) in [5.74, 6) is 0. The van der Waals surface area contributed by atoms with Gasteiger partial charge in [0.1, 0.15) is 0 Å². The highest BCUT2D eigenvalue weighted by molar-refractivity contribution is 6.77. The Bertz CT molecular complexity index is 95.7. The molecule has 0 aliphatic carbocycles. The fraction of sp³-hybridized carbons (Fsp3) is 0.833. The van der Waals surface area contributed by atoms with Crippen molar-refractivity contribution in [3.8, 4) is 0 Å². The first-order chi connectivity index (χ1) is 3.98. The summed E-state index contributed by atoms with van der Waals surface area (Å²) in [7, 11) is -1.24. The predicted molar refractivity (Wildman–Crippen MR) is 40.0 cm³/mol. The monoisotopic (exact) mass is 146 g/mol. The molecule has 9 heavy (non-hydrogen) atoms. The van der Waals surface area contributed by atoms with Crippen LogP contribution in [0.15, 0.2) is 0 Å². The van der Waals surface area contributed by atoms with Crippen LogP contribution in [-0.4, -0.2) is 20.3 Å². The highest BCUT2D eigenvalue weighted by Crippen LogP contribution is 2.08. The van der Waals surface area contributed by atoms with Gasteiger partial charge in [-0.25, -0.2) is 0 Å². The normalized spacial score (nSPS) is 14.7. The van der Waals surface area contributed by atoms with Crippen LogP contribution in [0.3, 0.4) is 0 Å². The zero-order valence-corrected chi connectivity index (χ0v) is 7.47. The van der Waals surface area contributed by atoms with Crippen LogP contribution in [0, 0.1) is 0 Å². The molecule has 0 heterocycles. The van der Waals surface area contributed by atoms with Crippen molar-refractivity contribution in [1.29, 1.82) is 0 Å². The molecule has 1 unspecified atom stereocenters. The minimum Gasteiger partial charge on any atom is -0.469 e. The highest BCUT2D eigenvalue weighted by Gasteiger charge is 2.23. The molecular weight excluding hydrogens is 132 g/mol. The standard InChI is InChI=1S/C6H14O2Si/c1-6(8-5-7)9(2,3)4/h5-6H,1-4H3. The number of carbonyl (C=O) groups is 1. The summed E-state index contributed by atoms with van der Waals surface area (Å²) in [6, 6.07) is 0. The molecule has 0 aromatic rings. The Labute approximate surface area is 57.2 Å². The Kier molecular flexibility index (Phi) is 2.90. The van der Waals surface area contributed by atoms with Gasteiger partial charge in [-0.1, -0.05) is 19.6 Å². The van der Waals surface area contributed by atoms with E-state index in [-0.39, 0.29) is 5.73 Å². The Hall–Kier alpha value is -0.313. The van der Waals surface area contributed by atoms with Gasteiger partial charge in [0.05, 0.1) is 13.8 Å². The van der Waals surface area contributed by atoms with Crippen LogP contribution in [0.2, 0.25) is 19.6 Å². The first-order valence-electron chi connectivity index (χ1n) is 3.07. The van der Waals surface area contributed by atoms with E-state index in [4.69, 9.17) is 4.74 Å². The lowest BCUT2D eigenvalue weighted by atomic mass is 10.8. The van der Waals surface area contributed by atoms with Gasteiger partial charge in [0.15, 0.2) is 0 Å². The quantitative estimate of drug-likeness (QED) is 0.444. The second kappa shape index (κ2) is 3.01. The Morgan fingerprint density at radius 2 is 1.89 bits per heavy atom. The predicted octanol–water partition coefficient (Wildman–Crippen LogP) is 1.43. The van der Waals surface area contributed by atoms with Crippen LogP contribution in [0.4, 0.5) is 0 Å². The number of ether oxygens (including phenoxy) is 1. The summed E-state index contributed by atoms with van der Waals surface area (Å²) in [6.45, 7) is 8.98. The summed E-state index contributed by atoms with van der Waals surface area (Å²) in [4.78, 5) is 9.86. The molecule has 0 saturated heterocycles. The molecule has 3 heteroatoms.